The number of nitrogens with one attached hydrogen (secondary N) is 1. The number of nitrogens with zero attached hydrogens (tertiary/aromatic N) is 2. The molecule has 0 aromatic heterocycles. The van der Waals surface area contributed by atoms with Crippen LogP contribution in [0.25, 0.3) is 0 Å². The smallest absolute Gasteiger partial charge is 0.332 e. The van der Waals surface area contributed by atoms with Crippen molar-refractivity contribution < 1.29 is 27.2 Å². The van der Waals surface area contributed by atoms with Gasteiger partial charge in [-0.1, -0.05) is 6.07 Å². The molecule has 27 heavy (non-hydrogen) atoms. The normalized spacial score (nSPS) is 22.3. The number of benzene rings is 1. The number of likely N-dealkylation sites (tertiary alicyclic amines) is 2. The zero-order valence-corrected chi connectivity index (χ0v) is 14.6. The molecular formula is C18H21F4N3O2. The van der Waals surface area contributed by atoms with Crippen LogP contribution in [0.3, 0.4) is 0 Å². The van der Waals surface area contributed by atoms with Crippen molar-refractivity contribution in [3.8, 4) is 0 Å². The Balaban J connectivity index is 1.50. The molecule has 1 unspecified atom stereocenters. The highest BCUT2D eigenvalue weighted by Crippen LogP contribution is 2.27. The van der Waals surface area contributed by atoms with E-state index >= 15 is 0 Å². The summed E-state index contributed by atoms with van der Waals surface area (Å²) in [6.07, 6.45) is -3.02. The largest absolute Gasteiger partial charge is 0.406 e. The van der Waals surface area contributed by atoms with Crippen LogP contribution >= 0.6 is 0 Å². The lowest BCUT2D eigenvalue weighted by Gasteiger charge is -2.34. The number of hydrogen-bond acceptors (Lipinski definition) is 3. The summed E-state index contributed by atoms with van der Waals surface area (Å²) >= 11 is 0. The van der Waals surface area contributed by atoms with Crippen molar-refractivity contribution in [2.45, 2.75) is 31.5 Å². The van der Waals surface area contributed by atoms with Crippen LogP contribution in [0.15, 0.2) is 24.3 Å². The molecule has 1 atom stereocenters. The number of amides is 2. The number of hydrogen-bond donors (Lipinski definition) is 1. The van der Waals surface area contributed by atoms with Gasteiger partial charge in [0.05, 0.1) is 6.04 Å². The fraction of sp³-hybridized carbons (Fsp3) is 0.556. The van der Waals surface area contributed by atoms with E-state index in [0.717, 1.165) is 4.90 Å². The number of halogens is 4. The summed E-state index contributed by atoms with van der Waals surface area (Å²) in [5.41, 5.74) is 0.385. The fourth-order valence-electron chi connectivity index (χ4n) is 3.72. The second-order valence-corrected chi connectivity index (χ2v) is 6.99. The third-order valence-corrected chi connectivity index (χ3v) is 5.07. The summed E-state index contributed by atoms with van der Waals surface area (Å²) < 4.78 is 50.7. The van der Waals surface area contributed by atoms with Crippen LogP contribution in [-0.4, -0.2) is 60.0 Å². The van der Waals surface area contributed by atoms with E-state index in [1.165, 1.54) is 18.2 Å². The van der Waals surface area contributed by atoms with Crippen molar-refractivity contribution in [3.05, 3.63) is 30.1 Å². The lowest BCUT2D eigenvalue weighted by molar-refractivity contribution is -0.159. The van der Waals surface area contributed by atoms with E-state index in [9.17, 15) is 27.2 Å². The Hall–Kier alpha value is -2.16. The first-order valence-electron chi connectivity index (χ1n) is 8.89. The minimum Gasteiger partial charge on any atom is -0.332 e. The van der Waals surface area contributed by atoms with Gasteiger partial charge in [0.1, 0.15) is 12.4 Å². The number of rotatable bonds is 4. The highest BCUT2D eigenvalue weighted by Gasteiger charge is 2.42. The molecule has 0 aliphatic carbocycles. The second kappa shape index (κ2) is 7.84. The summed E-state index contributed by atoms with van der Waals surface area (Å²) in [4.78, 5) is 27.3. The Morgan fingerprint density at radius 1 is 1.15 bits per heavy atom. The van der Waals surface area contributed by atoms with E-state index < -0.39 is 30.5 Å². The summed E-state index contributed by atoms with van der Waals surface area (Å²) in [6.45, 7) is -0.174. The van der Waals surface area contributed by atoms with E-state index in [0.29, 0.717) is 38.0 Å². The average Bonchev–Trinajstić information content (AvgIpc) is 2.94. The molecule has 2 fully saturated rings. The van der Waals surface area contributed by atoms with Crippen LogP contribution < -0.4 is 5.32 Å². The predicted molar refractivity (Wildman–Crippen MR) is 90.4 cm³/mol. The van der Waals surface area contributed by atoms with Crippen LogP contribution in [0.1, 0.15) is 19.3 Å². The number of alkyl halides is 3. The number of carbonyl (C=O) groups excluding carboxylic acids is 2. The van der Waals surface area contributed by atoms with E-state index in [1.807, 2.05) is 4.90 Å². The number of anilines is 1. The van der Waals surface area contributed by atoms with Crippen molar-refractivity contribution in [1.82, 2.24) is 9.80 Å². The van der Waals surface area contributed by atoms with Gasteiger partial charge in [-0.3, -0.25) is 14.5 Å². The van der Waals surface area contributed by atoms with Gasteiger partial charge in [-0.2, -0.15) is 13.2 Å². The zero-order valence-electron chi connectivity index (χ0n) is 14.6. The molecule has 0 saturated carbocycles. The fourth-order valence-corrected chi connectivity index (χ4v) is 3.72. The van der Waals surface area contributed by atoms with Gasteiger partial charge in [-0.05, 0) is 50.6 Å². The van der Waals surface area contributed by atoms with Crippen molar-refractivity contribution in [3.63, 3.8) is 0 Å². The monoisotopic (exact) mass is 387 g/mol. The van der Waals surface area contributed by atoms with Crippen LogP contribution in [-0.2, 0) is 9.59 Å². The first-order valence-corrected chi connectivity index (χ1v) is 8.89. The van der Waals surface area contributed by atoms with Gasteiger partial charge in [-0.15, -0.1) is 0 Å². The second-order valence-electron chi connectivity index (χ2n) is 6.99. The Morgan fingerprint density at radius 3 is 2.48 bits per heavy atom. The lowest BCUT2D eigenvalue weighted by Crippen LogP contribution is -2.48. The molecule has 148 valence electrons. The minimum atomic E-state index is -4.40. The van der Waals surface area contributed by atoms with Gasteiger partial charge in [-0.25, -0.2) is 4.39 Å². The Morgan fingerprint density at radius 2 is 1.85 bits per heavy atom. The molecule has 2 aliphatic rings. The summed E-state index contributed by atoms with van der Waals surface area (Å²) in [5.74, 6) is -1.41. The highest BCUT2D eigenvalue weighted by atomic mass is 19.4. The molecule has 0 bridgehead atoms. The molecule has 0 radical (unpaired) electrons. The Kier molecular flexibility index (Phi) is 5.69. The molecule has 0 spiro atoms. The van der Waals surface area contributed by atoms with Crippen molar-refractivity contribution in [2.75, 3.05) is 31.5 Å². The number of piperidine rings is 1. The molecular weight excluding hydrogens is 366 g/mol. The highest BCUT2D eigenvalue weighted by molar-refractivity contribution is 5.92. The van der Waals surface area contributed by atoms with E-state index in [-0.39, 0.29) is 18.4 Å². The maximum Gasteiger partial charge on any atom is 0.406 e. The van der Waals surface area contributed by atoms with E-state index in [2.05, 4.69) is 5.32 Å². The van der Waals surface area contributed by atoms with Crippen LogP contribution in [0.2, 0.25) is 0 Å². The molecule has 1 aromatic carbocycles. The zero-order chi connectivity index (χ0) is 19.6. The van der Waals surface area contributed by atoms with Gasteiger partial charge in [0, 0.05) is 18.2 Å². The van der Waals surface area contributed by atoms with Gasteiger partial charge < -0.3 is 10.2 Å². The van der Waals surface area contributed by atoms with Crippen molar-refractivity contribution >= 4 is 17.5 Å². The van der Waals surface area contributed by atoms with Crippen molar-refractivity contribution in [2.24, 2.45) is 5.92 Å². The predicted octanol–water partition coefficient (Wildman–Crippen LogP) is 2.64. The molecule has 3 rings (SSSR count). The van der Waals surface area contributed by atoms with Crippen LogP contribution in [0.5, 0.6) is 0 Å². The summed E-state index contributed by atoms with van der Waals surface area (Å²) in [5, 5.41) is 2.68. The maximum atomic E-state index is 13.2. The first-order chi connectivity index (χ1) is 12.7. The number of carbonyl (C=O) groups is 2. The molecule has 1 N–H and O–H groups in total. The van der Waals surface area contributed by atoms with Gasteiger partial charge in [0.25, 0.3) is 0 Å². The Bertz CT molecular complexity index is 702. The average molecular weight is 387 g/mol. The topological polar surface area (TPSA) is 52.7 Å². The van der Waals surface area contributed by atoms with Crippen LogP contribution in [0, 0.1) is 11.7 Å². The molecule has 2 aliphatic heterocycles. The third kappa shape index (κ3) is 4.97. The van der Waals surface area contributed by atoms with Crippen molar-refractivity contribution in [1.29, 1.82) is 0 Å². The molecule has 2 heterocycles. The minimum absolute atomic E-state index is 0.100. The molecule has 2 saturated heterocycles. The first kappa shape index (κ1) is 19.6. The molecule has 2 amide bonds. The summed E-state index contributed by atoms with van der Waals surface area (Å²) in [6, 6.07) is 5.09. The van der Waals surface area contributed by atoms with Gasteiger partial charge in [0.2, 0.25) is 11.8 Å². The summed E-state index contributed by atoms with van der Waals surface area (Å²) in [7, 11) is 0. The maximum absolute atomic E-state index is 13.2. The standard InChI is InChI=1S/C18H21F4N3O2/c19-13-2-1-3-14(10-13)23-16(26)12-4-7-24(8-5-12)15-6-9-25(17(15)27)11-18(20,21)22/h1-3,10,12,15H,4-9,11H2,(H,23,26). The quantitative estimate of drug-likeness (QED) is 0.809. The molecule has 5 nitrogen and oxygen atoms in total. The van der Waals surface area contributed by atoms with E-state index in [4.69, 9.17) is 0 Å². The van der Waals surface area contributed by atoms with Crippen LogP contribution in [0.4, 0.5) is 23.2 Å². The van der Waals surface area contributed by atoms with Gasteiger partial charge in [0.15, 0.2) is 0 Å². The lowest BCUT2D eigenvalue weighted by atomic mass is 9.94. The SMILES string of the molecule is O=C(Nc1cccc(F)c1)C1CCN(C2CCN(CC(F)(F)F)C2=O)CC1. The molecule has 9 heteroatoms. The van der Waals surface area contributed by atoms with Gasteiger partial charge >= 0.3 is 6.18 Å². The van der Waals surface area contributed by atoms with E-state index in [1.54, 1.807) is 6.07 Å². The Labute approximate surface area is 154 Å². The third-order valence-electron chi connectivity index (χ3n) is 5.07. The molecule has 1 aromatic rings.